The lowest BCUT2D eigenvalue weighted by Gasteiger charge is -2.34. The van der Waals surface area contributed by atoms with Gasteiger partial charge in [-0.3, -0.25) is 4.79 Å². The topological polar surface area (TPSA) is 186 Å². The summed E-state index contributed by atoms with van der Waals surface area (Å²) in [6.45, 7) is 8.14. The molecule has 0 saturated heterocycles. The SMILES string of the molecule is CC(C)(C)OC(=O)N[C@@](C)(CN[C@@H](CCNC(=O)[C@H](Cc1cnc[nH]1)NC(=O)O)CC1CCCCC1)c1cnc[nH]1. The molecule has 2 aromatic heterocycles. The lowest BCUT2D eigenvalue weighted by atomic mass is 9.84. The van der Waals surface area contributed by atoms with Crippen molar-refractivity contribution in [1.82, 2.24) is 41.2 Å². The number of alkyl carbamates (subject to hydrolysis) is 1. The molecule has 0 aliphatic heterocycles. The molecule has 1 fully saturated rings. The van der Waals surface area contributed by atoms with Crippen LogP contribution in [0.4, 0.5) is 9.59 Å². The standard InChI is InChI=1S/C28H46N8O5/c1-27(2,3)41-26(40)36-28(4,23-15-30-18-34-23)16-32-20(12-19-8-6-5-7-9-19)10-11-31-24(37)22(35-25(38)39)13-21-14-29-17-33-21/h14-15,17-20,22,32,35H,5-13,16H2,1-4H3,(H,29,33)(H,30,34)(H,31,37)(H,36,40)(H,38,39)/t20-,22-,28-/m0/s1. The van der Waals surface area contributed by atoms with Crippen molar-refractivity contribution >= 4 is 18.1 Å². The molecule has 13 heteroatoms. The summed E-state index contributed by atoms with van der Waals surface area (Å²) < 4.78 is 5.52. The number of aromatic nitrogens is 4. The van der Waals surface area contributed by atoms with E-state index in [1.54, 1.807) is 18.7 Å². The Kier molecular flexibility index (Phi) is 11.6. The molecule has 13 nitrogen and oxygen atoms in total. The van der Waals surface area contributed by atoms with Gasteiger partial charge in [0.05, 0.1) is 30.1 Å². The molecule has 0 spiro atoms. The minimum absolute atomic E-state index is 0.0552. The summed E-state index contributed by atoms with van der Waals surface area (Å²) in [7, 11) is 0. The van der Waals surface area contributed by atoms with Crippen LogP contribution in [0.3, 0.4) is 0 Å². The Labute approximate surface area is 241 Å². The fourth-order valence-corrected chi connectivity index (χ4v) is 5.24. The third kappa shape index (κ3) is 11.1. The molecule has 3 amide bonds. The molecule has 1 saturated carbocycles. The van der Waals surface area contributed by atoms with Gasteiger partial charge in [-0.2, -0.15) is 0 Å². The molecular formula is C28H46N8O5. The van der Waals surface area contributed by atoms with Gasteiger partial charge in [0, 0.05) is 37.4 Å². The van der Waals surface area contributed by atoms with Crippen LogP contribution in [-0.4, -0.2) is 73.9 Å². The molecule has 0 aromatic carbocycles. The number of H-pyrrole nitrogens is 2. The van der Waals surface area contributed by atoms with Crippen molar-refractivity contribution in [3.05, 3.63) is 36.4 Å². The van der Waals surface area contributed by atoms with E-state index in [9.17, 15) is 19.5 Å². The van der Waals surface area contributed by atoms with Crippen molar-refractivity contribution in [3.8, 4) is 0 Å². The minimum Gasteiger partial charge on any atom is -0.465 e. The highest BCUT2D eigenvalue weighted by Gasteiger charge is 2.33. The van der Waals surface area contributed by atoms with Crippen LogP contribution in [0, 0.1) is 5.92 Å². The molecule has 0 radical (unpaired) electrons. The number of nitrogens with one attached hydrogen (secondary N) is 6. The van der Waals surface area contributed by atoms with E-state index in [4.69, 9.17) is 4.74 Å². The maximum Gasteiger partial charge on any atom is 0.408 e. The van der Waals surface area contributed by atoms with Crippen molar-refractivity contribution < 1.29 is 24.2 Å². The zero-order valence-electron chi connectivity index (χ0n) is 24.6. The highest BCUT2D eigenvalue weighted by molar-refractivity contribution is 5.85. The molecule has 2 aromatic rings. The van der Waals surface area contributed by atoms with Gasteiger partial charge in [-0.1, -0.05) is 32.1 Å². The molecule has 7 N–H and O–H groups in total. The first-order valence-corrected chi connectivity index (χ1v) is 14.4. The molecule has 0 unspecified atom stereocenters. The van der Waals surface area contributed by atoms with E-state index in [1.807, 2.05) is 27.7 Å². The molecule has 41 heavy (non-hydrogen) atoms. The number of nitrogens with zero attached hydrogens (tertiary/aromatic N) is 2. The third-order valence-electron chi connectivity index (χ3n) is 7.34. The summed E-state index contributed by atoms with van der Waals surface area (Å²) in [5.41, 5.74) is -0.0694. The predicted molar refractivity (Wildman–Crippen MR) is 153 cm³/mol. The second kappa shape index (κ2) is 14.9. The number of aromatic amines is 2. The van der Waals surface area contributed by atoms with Gasteiger partial charge in [0.1, 0.15) is 11.6 Å². The van der Waals surface area contributed by atoms with E-state index in [1.165, 1.54) is 38.4 Å². The highest BCUT2D eigenvalue weighted by Crippen LogP contribution is 2.28. The fourth-order valence-electron chi connectivity index (χ4n) is 5.24. The van der Waals surface area contributed by atoms with Gasteiger partial charge in [0.2, 0.25) is 5.91 Å². The third-order valence-corrected chi connectivity index (χ3v) is 7.34. The lowest BCUT2D eigenvalue weighted by Crippen LogP contribution is -2.54. The highest BCUT2D eigenvalue weighted by atomic mass is 16.6. The summed E-state index contributed by atoms with van der Waals surface area (Å²) in [6, 6.07) is -0.890. The smallest absolute Gasteiger partial charge is 0.408 e. The van der Waals surface area contributed by atoms with Gasteiger partial charge in [0.15, 0.2) is 0 Å². The van der Waals surface area contributed by atoms with Gasteiger partial charge in [-0.25, -0.2) is 19.6 Å². The largest absolute Gasteiger partial charge is 0.465 e. The second-order valence-electron chi connectivity index (χ2n) is 12.1. The summed E-state index contributed by atoms with van der Waals surface area (Å²) in [6.07, 6.45) is 12.3. The van der Waals surface area contributed by atoms with Gasteiger partial charge >= 0.3 is 12.2 Å². The van der Waals surface area contributed by atoms with E-state index in [0.29, 0.717) is 31.1 Å². The zero-order chi connectivity index (χ0) is 29.9. The van der Waals surface area contributed by atoms with Crippen LogP contribution in [0.25, 0.3) is 0 Å². The van der Waals surface area contributed by atoms with Crippen LogP contribution in [0.15, 0.2) is 25.0 Å². The normalized spacial score (nSPS) is 17.2. The molecule has 228 valence electrons. The van der Waals surface area contributed by atoms with Gasteiger partial charge in [0.25, 0.3) is 0 Å². The van der Waals surface area contributed by atoms with Gasteiger partial charge < -0.3 is 41.1 Å². The van der Waals surface area contributed by atoms with Crippen LogP contribution in [-0.2, 0) is 21.5 Å². The van der Waals surface area contributed by atoms with Crippen LogP contribution >= 0.6 is 0 Å². The summed E-state index contributed by atoms with van der Waals surface area (Å²) in [4.78, 5) is 51.1. The van der Waals surface area contributed by atoms with E-state index in [-0.39, 0.29) is 12.5 Å². The average Bonchev–Trinajstić information content (AvgIpc) is 3.61. The van der Waals surface area contributed by atoms with Crippen molar-refractivity contribution in [3.63, 3.8) is 0 Å². The number of imidazole rings is 2. The van der Waals surface area contributed by atoms with Crippen LogP contribution in [0.1, 0.15) is 84.0 Å². The second-order valence-corrected chi connectivity index (χ2v) is 12.1. The number of carbonyl (C=O) groups is 3. The van der Waals surface area contributed by atoms with E-state index in [2.05, 4.69) is 41.2 Å². The number of rotatable bonds is 14. The Hall–Kier alpha value is -3.61. The number of amides is 3. The Morgan fingerprint density at radius 3 is 2.39 bits per heavy atom. The number of carbonyl (C=O) groups excluding carboxylic acids is 2. The van der Waals surface area contributed by atoms with Crippen molar-refractivity contribution in [2.45, 2.75) is 102 Å². The quantitative estimate of drug-likeness (QED) is 0.179. The Balaban J connectivity index is 1.65. The molecular weight excluding hydrogens is 528 g/mol. The van der Waals surface area contributed by atoms with Crippen molar-refractivity contribution in [2.75, 3.05) is 13.1 Å². The van der Waals surface area contributed by atoms with Crippen LogP contribution < -0.4 is 21.3 Å². The number of hydrogen-bond acceptors (Lipinski definition) is 7. The van der Waals surface area contributed by atoms with E-state index < -0.39 is 35.3 Å². The molecule has 1 aliphatic rings. The Bertz CT molecular complexity index is 1080. The van der Waals surface area contributed by atoms with Crippen LogP contribution in [0.2, 0.25) is 0 Å². The minimum atomic E-state index is -1.27. The van der Waals surface area contributed by atoms with Gasteiger partial charge in [-0.05, 0) is 46.5 Å². The molecule has 0 bridgehead atoms. The Morgan fingerprint density at radius 2 is 1.78 bits per heavy atom. The number of hydrogen-bond donors (Lipinski definition) is 7. The first-order valence-electron chi connectivity index (χ1n) is 14.4. The Morgan fingerprint density at radius 1 is 1.07 bits per heavy atom. The monoisotopic (exact) mass is 574 g/mol. The van der Waals surface area contributed by atoms with Crippen molar-refractivity contribution in [2.24, 2.45) is 5.92 Å². The number of ether oxygens (including phenoxy) is 1. The predicted octanol–water partition coefficient (Wildman–Crippen LogP) is 3.19. The van der Waals surface area contributed by atoms with E-state index >= 15 is 0 Å². The lowest BCUT2D eigenvalue weighted by molar-refractivity contribution is -0.123. The molecule has 2 heterocycles. The fraction of sp³-hybridized carbons (Fsp3) is 0.679. The maximum atomic E-state index is 12.9. The number of carboxylic acid groups (broad SMARTS) is 1. The molecule has 3 atom stereocenters. The molecule has 1 aliphatic carbocycles. The molecule has 3 rings (SSSR count). The van der Waals surface area contributed by atoms with Gasteiger partial charge in [-0.15, -0.1) is 0 Å². The average molecular weight is 575 g/mol. The summed E-state index contributed by atoms with van der Waals surface area (Å²) in [5, 5.41) is 21.1. The first-order chi connectivity index (χ1) is 19.4. The van der Waals surface area contributed by atoms with Crippen molar-refractivity contribution in [1.29, 1.82) is 0 Å². The van der Waals surface area contributed by atoms with E-state index in [0.717, 1.165) is 12.1 Å². The first kappa shape index (κ1) is 31.9. The maximum absolute atomic E-state index is 12.9. The summed E-state index contributed by atoms with van der Waals surface area (Å²) in [5.74, 6) is 0.184. The van der Waals surface area contributed by atoms with Crippen LogP contribution in [0.5, 0.6) is 0 Å². The summed E-state index contributed by atoms with van der Waals surface area (Å²) >= 11 is 0. The zero-order valence-corrected chi connectivity index (χ0v) is 24.6.